The van der Waals surface area contributed by atoms with Gasteiger partial charge in [-0.3, -0.25) is 38.5 Å². The highest BCUT2D eigenvalue weighted by Gasteiger charge is 2.58. The second-order valence-electron chi connectivity index (χ2n) is 28.0. The predicted molar refractivity (Wildman–Crippen MR) is 363 cm³/mol. The third-order valence-corrected chi connectivity index (χ3v) is 21.4. The third-order valence-electron chi connectivity index (χ3n) is 20.5. The molecule has 6 aromatic rings. The van der Waals surface area contributed by atoms with E-state index in [9.17, 15) is 38.7 Å². The number of quaternary nitrogens is 1. The van der Waals surface area contributed by atoms with E-state index in [1.165, 1.54) is 18.6 Å². The number of nitrogens with one attached hydrogen (secondary N) is 5. The third kappa shape index (κ3) is 15.8. The Bertz CT molecular complexity index is 3910. The molecule has 4 atom stereocenters. The van der Waals surface area contributed by atoms with Gasteiger partial charge in [0.2, 0.25) is 17.7 Å². The first-order valence-corrected chi connectivity index (χ1v) is 34.8. The molecular formula is C70H88N16O10S. The van der Waals surface area contributed by atoms with Gasteiger partial charge in [0.05, 0.1) is 80.2 Å². The number of carboxylic acid groups (broad SMARTS) is 1. The standard InChI is InChI=1S/C70H88N16O10S/c1-43(2)60(78-57(87)22-31-95-32-28-84-58(88)20-21-59(84)89)65(91)75-54(12-8-23-72-67(71)94)64(90)74-49-16-14-46(15-17-49)40-86(5)29-25-82(26-30-86)27-33-96-70-37-47-34-48(38-70)36-69(35-47,41-70)42-85-45(4)52(39-73-85)51-18-19-56(77-61(51)66(92)93)83-24-9-10-50-44(3)62(80-81-63(50)83)79-68-76-53-11-6-7-13-55(53)97-68/h6-7,11,13-21,39,43,47-48,54,60H,8-10,12,22-38,40-42H2,1-5H3,(H7-,71,72,74,75,76,78,79,80,87,90,91,92,93,94)/t47?,48?,54-,60-,69?,70?/m0/s1. The average molecular weight is 1350 g/mol. The van der Waals surface area contributed by atoms with Gasteiger partial charge >= 0.3 is 6.03 Å². The number of carbonyl (C=O) groups is 7. The van der Waals surface area contributed by atoms with E-state index in [4.69, 9.17) is 30.3 Å². The Morgan fingerprint density at radius 1 is 0.856 bits per heavy atom. The lowest BCUT2D eigenvalue weighted by Crippen LogP contribution is -2.59. The van der Waals surface area contributed by atoms with Crippen LogP contribution in [0.3, 0.4) is 0 Å². The van der Waals surface area contributed by atoms with Crippen LogP contribution in [0, 0.1) is 37.0 Å². The molecule has 26 nitrogen and oxygen atoms in total. The number of thiazole rings is 1. The number of aromatic carboxylic acids is 1. The highest BCUT2D eigenvalue weighted by molar-refractivity contribution is 7.22. The summed E-state index contributed by atoms with van der Waals surface area (Å²) >= 11 is 1.56. The number of nitrogens with zero attached hydrogens (tertiary/aromatic N) is 10. The van der Waals surface area contributed by atoms with Gasteiger partial charge in [-0.1, -0.05) is 49.4 Å². The number of imide groups is 1. The molecule has 7 N–H and O–H groups in total. The number of nitrogens with two attached hydrogens (primary N) is 1. The van der Waals surface area contributed by atoms with Crippen LogP contribution in [-0.4, -0.2) is 183 Å². The van der Waals surface area contributed by atoms with Crippen molar-refractivity contribution in [1.29, 1.82) is 0 Å². The summed E-state index contributed by atoms with van der Waals surface area (Å²) in [5.74, 6) is -1.06. The van der Waals surface area contributed by atoms with Crippen LogP contribution in [0.1, 0.15) is 111 Å². The molecule has 4 saturated carbocycles. The SMILES string of the molecule is Cc1c(Nc2nc3ccccc3s2)nnc2c1CCCN2c1ccc(-c2cnn(CC34CC5CC(C3)CC(OCCN3CC[N+](C)(Cc6ccc(NC(=O)[C@H](CCCNC(N)=O)NC(=O)[C@@H](NC(=O)CCOCCN7C(=O)C=CC7=O)C(C)C)cc6)CC3)(C5)C4)c2C)c(C(=O)[O-])n1. The maximum Gasteiger partial charge on any atom is 0.312 e. The van der Waals surface area contributed by atoms with Crippen LogP contribution in [0.2, 0.25) is 0 Å². The molecule has 13 rings (SSSR count). The predicted octanol–water partition coefficient (Wildman–Crippen LogP) is 5.82. The van der Waals surface area contributed by atoms with Crippen molar-refractivity contribution in [3.63, 3.8) is 0 Å². The molecule has 27 heteroatoms. The summed E-state index contributed by atoms with van der Waals surface area (Å²) in [5.41, 5.74) is 11.6. The minimum atomic E-state index is -1.36. The van der Waals surface area contributed by atoms with Crippen LogP contribution in [0.25, 0.3) is 21.3 Å². The number of pyridine rings is 1. The zero-order valence-electron chi connectivity index (χ0n) is 55.9. The topological polar surface area (TPSA) is 326 Å². The normalized spacial score (nSPS) is 21.6. The Morgan fingerprint density at radius 3 is 2.33 bits per heavy atom. The van der Waals surface area contributed by atoms with E-state index in [2.05, 4.69) is 53.4 Å². The molecule has 7 heterocycles. The minimum absolute atomic E-state index is 0.00353. The van der Waals surface area contributed by atoms with Gasteiger partial charge in [-0.15, -0.1) is 10.2 Å². The minimum Gasteiger partial charge on any atom is -0.543 e. The van der Waals surface area contributed by atoms with Gasteiger partial charge < -0.3 is 61.1 Å². The van der Waals surface area contributed by atoms with Crippen molar-refractivity contribution in [3.8, 4) is 11.1 Å². The number of rotatable bonds is 29. The number of benzene rings is 2. The average Bonchev–Trinajstić information content (AvgIpc) is 1.31. The van der Waals surface area contributed by atoms with Crippen molar-refractivity contribution < 1.29 is 52.6 Å². The number of ether oxygens (including phenoxy) is 2. The first-order chi connectivity index (χ1) is 46.6. The number of piperazine rings is 1. The van der Waals surface area contributed by atoms with Crippen LogP contribution in [0.15, 0.2) is 79.0 Å². The van der Waals surface area contributed by atoms with Crippen molar-refractivity contribution >= 4 is 91.4 Å². The van der Waals surface area contributed by atoms with Gasteiger partial charge in [-0.05, 0) is 138 Å². The van der Waals surface area contributed by atoms with Crippen molar-refractivity contribution in [2.24, 2.45) is 28.9 Å². The summed E-state index contributed by atoms with van der Waals surface area (Å²) in [7, 11) is 2.29. The number of aromatic nitrogens is 6. The number of hydrogen-bond acceptors (Lipinski definition) is 19. The molecule has 0 radical (unpaired) electrons. The molecule has 4 bridgehead atoms. The van der Waals surface area contributed by atoms with Crippen molar-refractivity contribution in [3.05, 3.63) is 107 Å². The summed E-state index contributed by atoms with van der Waals surface area (Å²) in [4.78, 5) is 104. The molecule has 0 spiro atoms. The smallest absolute Gasteiger partial charge is 0.312 e. The van der Waals surface area contributed by atoms with Gasteiger partial charge in [0.15, 0.2) is 16.8 Å². The second-order valence-corrected chi connectivity index (χ2v) is 29.1. The molecule has 2 unspecified atom stereocenters. The van der Waals surface area contributed by atoms with Gasteiger partial charge in [0.25, 0.3) is 11.8 Å². The van der Waals surface area contributed by atoms with Gasteiger partial charge in [0, 0.05) is 97.0 Å². The Kier molecular flexibility index (Phi) is 20.5. The van der Waals surface area contributed by atoms with E-state index in [1.807, 2.05) is 79.4 Å². The van der Waals surface area contributed by atoms with Gasteiger partial charge in [0.1, 0.15) is 24.4 Å². The fraction of sp³-hybridized carbons (Fsp3) is 0.514. The van der Waals surface area contributed by atoms with E-state index in [-0.39, 0.29) is 61.8 Å². The lowest BCUT2D eigenvalue weighted by molar-refractivity contribution is -0.926. The van der Waals surface area contributed by atoms with Crippen LogP contribution in [0.4, 0.5) is 33.1 Å². The zero-order valence-corrected chi connectivity index (χ0v) is 56.7. The molecule has 5 fully saturated rings. The number of amides is 7. The molecule has 1 saturated heterocycles. The number of primary amides is 1. The van der Waals surface area contributed by atoms with Gasteiger partial charge in [-0.2, -0.15) is 5.10 Å². The fourth-order valence-electron chi connectivity index (χ4n) is 15.9. The Hall–Kier alpha value is -8.76. The maximum absolute atomic E-state index is 13.9. The number of urea groups is 1. The molecule has 97 heavy (non-hydrogen) atoms. The Morgan fingerprint density at radius 2 is 1.61 bits per heavy atom. The second kappa shape index (κ2) is 29.1. The number of carboxylic acids is 1. The van der Waals surface area contributed by atoms with E-state index < -0.39 is 53.6 Å². The number of fused-ring (bicyclic) bond motifs is 2. The van der Waals surface area contributed by atoms with E-state index in [0.717, 1.165) is 143 Å². The number of anilines is 5. The molecular weight excluding hydrogens is 1260 g/mol. The highest BCUT2D eigenvalue weighted by Crippen LogP contribution is 2.63. The van der Waals surface area contributed by atoms with E-state index in [0.29, 0.717) is 60.1 Å². The molecule has 4 aliphatic carbocycles. The number of para-hydroxylation sites is 1. The molecule has 7 amide bonds. The lowest BCUT2D eigenvalue weighted by Gasteiger charge is -2.61. The first kappa shape index (κ1) is 68.2. The molecule has 2 aromatic carbocycles. The van der Waals surface area contributed by atoms with Crippen LogP contribution in [-0.2, 0) is 53.0 Å². The van der Waals surface area contributed by atoms with Crippen LogP contribution < -0.4 is 42.3 Å². The van der Waals surface area contributed by atoms with E-state index >= 15 is 0 Å². The number of hydrogen-bond donors (Lipinski definition) is 6. The van der Waals surface area contributed by atoms with Crippen molar-refractivity contribution in [2.45, 2.75) is 129 Å². The summed E-state index contributed by atoms with van der Waals surface area (Å²) in [5, 5.41) is 42.4. The summed E-state index contributed by atoms with van der Waals surface area (Å²) in [6.07, 6.45) is 12.8. The number of likely N-dealkylation sites (N-methyl/N-ethyl adjacent to an activating group) is 1. The molecule has 3 aliphatic heterocycles. The molecule has 7 aliphatic rings. The summed E-state index contributed by atoms with van der Waals surface area (Å²) in [6, 6.07) is 16.7. The first-order valence-electron chi connectivity index (χ1n) is 34.0. The summed E-state index contributed by atoms with van der Waals surface area (Å²) < 4.78 is 16.6. The van der Waals surface area contributed by atoms with Crippen molar-refractivity contribution in [1.82, 2.24) is 55.7 Å². The maximum atomic E-state index is 13.9. The van der Waals surface area contributed by atoms with Crippen molar-refractivity contribution in [2.75, 3.05) is 94.8 Å². The van der Waals surface area contributed by atoms with E-state index in [1.54, 1.807) is 31.4 Å². The Labute approximate surface area is 568 Å². The monoisotopic (exact) mass is 1340 g/mol. The highest BCUT2D eigenvalue weighted by atomic mass is 32.1. The van der Waals surface area contributed by atoms with Crippen LogP contribution >= 0.6 is 11.3 Å². The van der Waals surface area contributed by atoms with Crippen LogP contribution in [0.5, 0.6) is 0 Å². The number of carbonyl (C=O) groups excluding carboxylic acids is 7. The van der Waals surface area contributed by atoms with Gasteiger partial charge in [-0.25, -0.2) is 14.8 Å². The molecule has 514 valence electrons. The molecule has 4 aromatic heterocycles. The quantitative estimate of drug-likeness (QED) is 0.0183. The summed E-state index contributed by atoms with van der Waals surface area (Å²) in [6.45, 7) is 15.3. The zero-order chi connectivity index (χ0) is 68.2. The fourth-order valence-corrected chi connectivity index (χ4v) is 16.7. The lowest BCUT2D eigenvalue weighted by atomic mass is 9.48. The Balaban J connectivity index is 0.611. The largest absolute Gasteiger partial charge is 0.543 e.